The molecule has 0 spiro atoms. The third-order valence-corrected chi connectivity index (χ3v) is 6.50. The zero-order valence-electron chi connectivity index (χ0n) is 16.3. The highest BCUT2D eigenvalue weighted by atomic mass is 32.2. The maximum Gasteiger partial charge on any atom is 0.296 e. The van der Waals surface area contributed by atoms with Gasteiger partial charge in [-0.2, -0.15) is 4.31 Å². The summed E-state index contributed by atoms with van der Waals surface area (Å²) in [5.41, 5.74) is -1.62. The number of carbonyl (C=O) groups is 1. The van der Waals surface area contributed by atoms with Crippen molar-refractivity contribution in [1.82, 2.24) is 13.9 Å². The van der Waals surface area contributed by atoms with Gasteiger partial charge in [-0.1, -0.05) is 12.1 Å². The Bertz CT molecular complexity index is 1120. The number of Topliss-reactive ketones (excluding diaryl/α,β-unsaturated/α-hetero) is 1. The molecule has 1 aliphatic heterocycles. The van der Waals surface area contributed by atoms with Crippen LogP contribution in [0.1, 0.15) is 42.1 Å². The predicted octanol–water partition coefficient (Wildman–Crippen LogP) is 1.41. The first-order valence-corrected chi connectivity index (χ1v) is 10.9. The van der Waals surface area contributed by atoms with Gasteiger partial charge in [0.1, 0.15) is 11.6 Å². The SMILES string of the molecule is CC1(C)c2nc(C(=O)CCc3ccc(F)cc3)c(O)c(=O)n2CCN1S(C)(=O)=O. The number of benzene rings is 1. The third-order valence-electron chi connectivity index (χ3n) is 5.06. The topological polar surface area (TPSA) is 110 Å². The van der Waals surface area contributed by atoms with E-state index < -0.39 is 32.7 Å². The Morgan fingerprint density at radius 2 is 1.86 bits per heavy atom. The quantitative estimate of drug-likeness (QED) is 0.729. The van der Waals surface area contributed by atoms with Crippen LogP contribution in [-0.2, 0) is 28.5 Å². The number of hydrogen-bond acceptors (Lipinski definition) is 6. The molecule has 1 aliphatic rings. The van der Waals surface area contributed by atoms with Crippen molar-refractivity contribution in [2.24, 2.45) is 0 Å². The Morgan fingerprint density at radius 3 is 2.45 bits per heavy atom. The molecule has 0 saturated heterocycles. The van der Waals surface area contributed by atoms with Gasteiger partial charge in [-0.15, -0.1) is 0 Å². The molecule has 2 aromatic rings. The van der Waals surface area contributed by atoms with E-state index in [-0.39, 0.29) is 43.3 Å². The number of fused-ring (bicyclic) bond motifs is 1. The summed E-state index contributed by atoms with van der Waals surface area (Å²) in [6, 6.07) is 5.65. The third kappa shape index (κ3) is 3.95. The fourth-order valence-corrected chi connectivity index (χ4v) is 4.93. The van der Waals surface area contributed by atoms with Gasteiger partial charge in [-0.3, -0.25) is 14.2 Å². The summed E-state index contributed by atoms with van der Waals surface area (Å²) in [6.07, 6.45) is 1.29. The van der Waals surface area contributed by atoms with Crippen LogP contribution in [0.4, 0.5) is 4.39 Å². The van der Waals surface area contributed by atoms with Crippen molar-refractivity contribution < 1.29 is 22.7 Å². The highest BCUT2D eigenvalue weighted by Crippen LogP contribution is 2.32. The smallest absolute Gasteiger partial charge is 0.296 e. The van der Waals surface area contributed by atoms with Crippen LogP contribution in [0, 0.1) is 5.82 Å². The molecule has 1 aromatic heterocycles. The molecule has 1 aromatic carbocycles. The number of aromatic hydroxyl groups is 1. The number of sulfonamides is 1. The fourth-order valence-electron chi connectivity index (χ4n) is 3.60. The number of ketones is 1. The second-order valence-electron chi connectivity index (χ2n) is 7.53. The van der Waals surface area contributed by atoms with Crippen LogP contribution in [-0.4, -0.2) is 46.0 Å². The molecule has 0 saturated carbocycles. The van der Waals surface area contributed by atoms with Gasteiger partial charge in [0.15, 0.2) is 11.5 Å². The van der Waals surface area contributed by atoms with Gasteiger partial charge < -0.3 is 5.11 Å². The van der Waals surface area contributed by atoms with Crippen molar-refractivity contribution in [2.45, 2.75) is 38.8 Å². The largest absolute Gasteiger partial charge is 0.501 e. The molecule has 0 amide bonds. The number of aromatic nitrogens is 2. The molecule has 0 fully saturated rings. The van der Waals surface area contributed by atoms with E-state index >= 15 is 0 Å². The molecule has 0 aliphatic carbocycles. The minimum absolute atomic E-state index is 0.0231. The van der Waals surface area contributed by atoms with E-state index in [0.717, 1.165) is 11.8 Å². The van der Waals surface area contributed by atoms with Gasteiger partial charge in [-0.25, -0.2) is 17.8 Å². The van der Waals surface area contributed by atoms with Crippen LogP contribution in [0.3, 0.4) is 0 Å². The van der Waals surface area contributed by atoms with E-state index in [2.05, 4.69) is 4.98 Å². The molecule has 0 atom stereocenters. The van der Waals surface area contributed by atoms with Crippen molar-refractivity contribution >= 4 is 15.8 Å². The van der Waals surface area contributed by atoms with Gasteiger partial charge in [-0.05, 0) is 38.0 Å². The average molecular weight is 423 g/mol. The number of halogens is 1. The molecule has 2 heterocycles. The van der Waals surface area contributed by atoms with Crippen molar-refractivity contribution in [3.05, 3.63) is 57.5 Å². The Hall–Kier alpha value is -2.59. The van der Waals surface area contributed by atoms with Gasteiger partial charge in [0.2, 0.25) is 15.8 Å². The summed E-state index contributed by atoms with van der Waals surface area (Å²) in [7, 11) is -3.58. The summed E-state index contributed by atoms with van der Waals surface area (Å²) >= 11 is 0. The summed E-state index contributed by atoms with van der Waals surface area (Å²) in [6.45, 7) is 3.26. The van der Waals surface area contributed by atoms with Crippen LogP contribution in [0.15, 0.2) is 29.1 Å². The van der Waals surface area contributed by atoms with Crippen molar-refractivity contribution in [3.63, 3.8) is 0 Å². The van der Waals surface area contributed by atoms with Gasteiger partial charge in [0.05, 0.1) is 11.8 Å². The molecule has 156 valence electrons. The average Bonchev–Trinajstić information content (AvgIpc) is 2.62. The lowest BCUT2D eigenvalue weighted by Gasteiger charge is -2.41. The second kappa shape index (κ2) is 7.34. The summed E-state index contributed by atoms with van der Waals surface area (Å²) in [4.78, 5) is 29.5. The number of carbonyl (C=O) groups excluding carboxylic acids is 1. The van der Waals surface area contributed by atoms with Crippen molar-refractivity contribution in [1.29, 1.82) is 0 Å². The zero-order valence-corrected chi connectivity index (χ0v) is 17.2. The van der Waals surface area contributed by atoms with Crippen LogP contribution < -0.4 is 5.56 Å². The highest BCUT2D eigenvalue weighted by molar-refractivity contribution is 7.88. The Morgan fingerprint density at radius 1 is 1.24 bits per heavy atom. The number of aryl methyl sites for hydroxylation is 1. The summed E-state index contributed by atoms with van der Waals surface area (Å²) < 4.78 is 39.7. The Labute approximate surface area is 167 Å². The molecule has 3 rings (SSSR count). The lowest BCUT2D eigenvalue weighted by Crippen LogP contribution is -2.54. The molecule has 0 radical (unpaired) electrons. The van der Waals surface area contributed by atoms with E-state index in [9.17, 15) is 27.5 Å². The van der Waals surface area contributed by atoms with Crippen LogP contribution in [0.5, 0.6) is 5.75 Å². The van der Waals surface area contributed by atoms with Crippen molar-refractivity contribution in [3.8, 4) is 5.75 Å². The Balaban J connectivity index is 1.97. The van der Waals surface area contributed by atoms with Gasteiger partial charge in [0.25, 0.3) is 5.56 Å². The monoisotopic (exact) mass is 423 g/mol. The summed E-state index contributed by atoms with van der Waals surface area (Å²) in [5.74, 6) is -1.59. The van der Waals surface area contributed by atoms with E-state index in [1.165, 1.54) is 21.0 Å². The lowest BCUT2D eigenvalue weighted by atomic mass is 10.0. The predicted molar refractivity (Wildman–Crippen MR) is 104 cm³/mol. The molecular weight excluding hydrogens is 401 g/mol. The molecule has 1 N–H and O–H groups in total. The number of rotatable bonds is 5. The first-order chi connectivity index (χ1) is 13.4. The Kier molecular flexibility index (Phi) is 5.35. The first kappa shape index (κ1) is 21.1. The minimum Gasteiger partial charge on any atom is -0.501 e. The maximum atomic E-state index is 13.0. The van der Waals surface area contributed by atoms with Crippen molar-refractivity contribution in [2.75, 3.05) is 12.8 Å². The van der Waals surface area contributed by atoms with E-state index in [0.29, 0.717) is 0 Å². The minimum atomic E-state index is -3.58. The zero-order chi connectivity index (χ0) is 21.6. The first-order valence-electron chi connectivity index (χ1n) is 9.02. The van der Waals surface area contributed by atoms with E-state index in [1.807, 2.05) is 0 Å². The molecule has 8 nitrogen and oxygen atoms in total. The van der Waals surface area contributed by atoms with Crippen LogP contribution in [0.2, 0.25) is 0 Å². The molecule has 0 bridgehead atoms. The number of nitrogens with zero attached hydrogens (tertiary/aromatic N) is 3. The van der Waals surface area contributed by atoms with E-state index in [1.54, 1.807) is 26.0 Å². The van der Waals surface area contributed by atoms with E-state index in [4.69, 9.17) is 0 Å². The molecule has 10 heteroatoms. The fraction of sp³-hybridized carbons (Fsp3) is 0.421. The standard InChI is InChI=1S/C19H22FN3O5S/c1-19(2)18-21-15(14(24)9-6-12-4-7-13(20)8-5-12)16(25)17(26)22(18)10-11-23(19)29(3,27)28/h4-5,7-8,25H,6,9-11H2,1-3H3. The normalized spacial score (nSPS) is 16.4. The lowest BCUT2D eigenvalue weighted by molar-refractivity contribution is 0.0970. The van der Waals surface area contributed by atoms with Crippen LogP contribution >= 0.6 is 0 Å². The van der Waals surface area contributed by atoms with Crippen LogP contribution in [0.25, 0.3) is 0 Å². The van der Waals surface area contributed by atoms with Gasteiger partial charge in [0, 0.05) is 19.5 Å². The molecule has 0 unspecified atom stereocenters. The molecular formula is C19H22FN3O5S. The number of hydrogen-bond donors (Lipinski definition) is 1. The maximum absolute atomic E-state index is 13.0. The highest BCUT2D eigenvalue weighted by Gasteiger charge is 2.43. The second-order valence-corrected chi connectivity index (χ2v) is 9.44. The van der Waals surface area contributed by atoms with Gasteiger partial charge >= 0.3 is 0 Å². The summed E-state index contributed by atoms with van der Waals surface area (Å²) in [5, 5.41) is 10.3. The molecule has 29 heavy (non-hydrogen) atoms.